The van der Waals surface area contributed by atoms with Crippen molar-refractivity contribution in [2.75, 3.05) is 25.9 Å². The van der Waals surface area contributed by atoms with Crippen molar-refractivity contribution in [3.63, 3.8) is 0 Å². The summed E-state index contributed by atoms with van der Waals surface area (Å²) in [6, 6.07) is -0.114. The first-order valence-corrected chi connectivity index (χ1v) is 12.1. The lowest BCUT2D eigenvalue weighted by molar-refractivity contribution is -0.135. The average Bonchev–Trinajstić information content (AvgIpc) is 2.98. The van der Waals surface area contributed by atoms with Gasteiger partial charge in [0, 0.05) is 32.6 Å². The third-order valence-corrected chi connectivity index (χ3v) is 5.81. The van der Waals surface area contributed by atoms with Crippen LogP contribution in [-0.2, 0) is 22.5 Å². The van der Waals surface area contributed by atoms with Gasteiger partial charge < -0.3 is 14.6 Å². The van der Waals surface area contributed by atoms with E-state index in [0.717, 1.165) is 43.5 Å². The minimum atomic E-state index is -0.114. The Hall–Kier alpha value is -1.12. The molecule has 0 spiro atoms. The zero-order valence-electron chi connectivity index (χ0n) is 19.1. The molecule has 0 aliphatic carbocycles. The SMILES string of the molecule is CSc1nnc(CCCNC(=O)C(C(C)C)N2CC(C)OC(C)C2)n1CC(C)C. The molecule has 0 radical (unpaired) electrons. The lowest BCUT2D eigenvalue weighted by atomic mass is 9.99. The van der Waals surface area contributed by atoms with Gasteiger partial charge in [-0.2, -0.15) is 0 Å². The lowest BCUT2D eigenvalue weighted by Crippen LogP contribution is -2.57. The number of rotatable bonds is 10. The van der Waals surface area contributed by atoms with E-state index in [0.29, 0.717) is 12.5 Å². The van der Waals surface area contributed by atoms with Crippen LogP contribution in [0.3, 0.4) is 0 Å². The molecule has 8 heteroatoms. The number of hydrogen-bond acceptors (Lipinski definition) is 6. The molecule has 1 N–H and O–H groups in total. The number of aryl methyl sites for hydroxylation is 1. The fraction of sp³-hybridized carbons (Fsp3) is 0.857. The first-order chi connectivity index (χ1) is 13.7. The number of carbonyl (C=O) groups excluding carboxylic acids is 1. The summed E-state index contributed by atoms with van der Waals surface area (Å²) in [6.45, 7) is 16.0. The van der Waals surface area contributed by atoms with Gasteiger partial charge >= 0.3 is 0 Å². The van der Waals surface area contributed by atoms with Gasteiger partial charge in [-0.15, -0.1) is 10.2 Å². The molecule has 0 aromatic carbocycles. The van der Waals surface area contributed by atoms with E-state index in [4.69, 9.17) is 4.74 Å². The number of nitrogens with one attached hydrogen (secondary N) is 1. The van der Waals surface area contributed by atoms with Crippen LogP contribution in [0.4, 0.5) is 0 Å². The van der Waals surface area contributed by atoms with Crippen molar-refractivity contribution in [2.24, 2.45) is 11.8 Å². The van der Waals surface area contributed by atoms with E-state index in [1.807, 2.05) is 6.26 Å². The second-order valence-electron chi connectivity index (χ2n) is 8.90. The number of amides is 1. The first kappa shape index (κ1) is 24.2. The minimum absolute atomic E-state index is 0.114. The largest absolute Gasteiger partial charge is 0.373 e. The molecule has 2 heterocycles. The van der Waals surface area contributed by atoms with Crippen molar-refractivity contribution in [2.45, 2.75) is 84.3 Å². The normalized spacial score (nSPS) is 21.7. The van der Waals surface area contributed by atoms with Crippen LogP contribution in [0.2, 0.25) is 0 Å². The molecular weight excluding hydrogens is 386 g/mol. The van der Waals surface area contributed by atoms with E-state index < -0.39 is 0 Å². The second-order valence-corrected chi connectivity index (χ2v) is 9.68. The van der Waals surface area contributed by atoms with Gasteiger partial charge in [-0.25, -0.2) is 0 Å². The third-order valence-electron chi connectivity index (χ3n) is 5.14. The molecule has 1 aromatic heterocycles. The number of ether oxygens (including phenoxy) is 1. The third kappa shape index (κ3) is 6.96. The molecule has 7 nitrogen and oxygen atoms in total. The fourth-order valence-electron chi connectivity index (χ4n) is 4.10. The monoisotopic (exact) mass is 425 g/mol. The van der Waals surface area contributed by atoms with Crippen molar-refractivity contribution in [1.29, 1.82) is 0 Å². The van der Waals surface area contributed by atoms with Crippen LogP contribution in [0, 0.1) is 11.8 Å². The Kier molecular flexibility index (Phi) is 9.43. The van der Waals surface area contributed by atoms with E-state index in [9.17, 15) is 4.79 Å². The van der Waals surface area contributed by atoms with Gasteiger partial charge in [0.2, 0.25) is 5.91 Å². The van der Waals surface area contributed by atoms with Gasteiger partial charge in [-0.1, -0.05) is 39.5 Å². The number of hydrogen-bond donors (Lipinski definition) is 1. The van der Waals surface area contributed by atoms with E-state index in [-0.39, 0.29) is 30.1 Å². The maximum atomic E-state index is 12.9. The molecule has 1 aromatic rings. The van der Waals surface area contributed by atoms with Gasteiger partial charge in [0.05, 0.1) is 18.2 Å². The minimum Gasteiger partial charge on any atom is -0.373 e. The van der Waals surface area contributed by atoms with Gasteiger partial charge in [0.25, 0.3) is 0 Å². The summed E-state index contributed by atoms with van der Waals surface area (Å²) < 4.78 is 8.05. The maximum absolute atomic E-state index is 12.9. The van der Waals surface area contributed by atoms with Crippen molar-refractivity contribution in [3.05, 3.63) is 5.82 Å². The first-order valence-electron chi connectivity index (χ1n) is 10.9. The molecule has 0 bridgehead atoms. The molecule has 3 unspecified atom stereocenters. The summed E-state index contributed by atoms with van der Waals surface area (Å²) >= 11 is 1.63. The van der Waals surface area contributed by atoms with Crippen LogP contribution < -0.4 is 5.32 Å². The zero-order valence-corrected chi connectivity index (χ0v) is 20.0. The molecule has 3 atom stereocenters. The highest BCUT2D eigenvalue weighted by molar-refractivity contribution is 7.98. The smallest absolute Gasteiger partial charge is 0.237 e. The number of morpholine rings is 1. The molecule has 1 aliphatic heterocycles. The molecule has 29 heavy (non-hydrogen) atoms. The number of nitrogens with zero attached hydrogens (tertiary/aromatic N) is 4. The summed E-state index contributed by atoms with van der Waals surface area (Å²) in [4.78, 5) is 15.2. The van der Waals surface area contributed by atoms with Gasteiger partial charge in [-0.3, -0.25) is 9.69 Å². The molecule has 0 saturated carbocycles. The van der Waals surface area contributed by atoms with E-state index in [1.165, 1.54) is 0 Å². The highest BCUT2D eigenvalue weighted by Gasteiger charge is 2.33. The highest BCUT2D eigenvalue weighted by atomic mass is 32.2. The van der Waals surface area contributed by atoms with Crippen molar-refractivity contribution in [1.82, 2.24) is 25.0 Å². The molecule has 1 saturated heterocycles. The average molecular weight is 426 g/mol. The van der Waals surface area contributed by atoms with Crippen LogP contribution in [0.5, 0.6) is 0 Å². The lowest BCUT2D eigenvalue weighted by Gasteiger charge is -2.41. The summed E-state index contributed by atoms with van der Waals surface area (Å²) in [5, 5.41) is 12.8. The summed E-state index contributed by atoms with van der Waals surface area (Å²) in [7, 11) is 0. The maximum Gasteiger partial charge on any atom is 0.237 e. The molecular formula is C21H39N5O2S. The summed E-state index contributed by atoms with van der Waals surface area (Å²) in [5.74, 6) is 1.93. The van der Waals surface area contributed by atoms with Crippen LogP contribution in [0.25, 0.3) is 0 Å². The Bertz CT molecular complexity index is 639. The standard InChI is InChI=1S/C21H39N5O2S/c1-14(2)11-26-18(23-24-21(26)29-7)9-8-10-22-20(27)19(15(3)4)25-12-16(5)28-17(6)13-25/h14-17,19H,8-13H2,1-7H3,(H,22,27). The van der Waals surface area contributed by atoms with Crippen molar-refractivity contribution < 1.29 is 9.53 Å². The van der Waals surface area contributed by atoms with Crippen molar-refractivity contribution >= 4 is 17.7 Å². The Balaban J connectivity index is 1.89. The molecule has 2 rings (SSSR count). The Morgan fingerprint density at radius 3 is 2.41 bits per heavy atom. The van der Waals surface area contributed by atoms with E-state index in [1.54, 1.807) is 11.8 Å². The van der Waals surface area contributed by atoms with Gasteiger partial charge in [0.15, 0.2) is 5.16 Å². The second kappa shape index (κ2) is 11.3. The Morgan fingerprint density at radius 2 is 1.86 bits per heavy atom. The predicted molar refractivity (Wildman–Crippen MR) is 118 cm³/mol. The number of aromatic nitrogens is 3. The van der Waals surface area contributed by atoms with Crippen molar-refractivity contribution in [3.8, 4) is 0 Å². The highest BCUT2D eigenvalue weighted by Crippen LogP contribution is 2.19. The van der Waals surface area contributed by atoms with E-state index >= 15 is 0 Å². The van der Waals surface area contributed by atoms with Gasteiger partial charge in [-0.05, 0) is 38.4 Å². The number of thioether (sulfide) groups is 1. The molecule has 1 aliphatic rings. The van der Waals surface area contributed by atoms with Gasteiger partial charge in [0.1, 0.15) is 5.82 Å². The Morgan fingerprint density at radius 1 is 1.21 bits per heavy atom. The summed E-state index contributed by atoms with van der Waals surface area (Å²) in [6.07, 6.45) is 4.02. The predicted octanol–water partition coefficient (Wildman–Crippen LogP) is 2.84. The molecule has 166 valence electrons. The van der Waals surface area contributed by atoms with Crippen LogP contribution >= 0.6 is 11.8 Å². The number of carbonyl (C=O) groups is 1. The summed E-state index contributed by atoms with van der Waals surface area (Å²) in [5.41, 5.74) is 0. The Labute approximate surface area is 180 Å². The van der Waals surface area contributed by atoms with Crippen LogP contribution in [-0.4, -0.2) is 69.7 Å². The fourth-order valence-corrected chi connectivity index (χ4v) is 4.62. The van der Waals surface area contributed by atoms with E-state index in [2.05, 4.69) is 66.5 Å². The van der Waals surface area contributed by atoms with Crippen LogP contribution in [0.15, 0.2) is 5.16 Å². The molecule has 1 amide bonds. The molecule has 1 fully saturated rings. The zero-order chi connectivity index (χ0) is 21.6. The van der Waals surface area contributed by atoms with Crippen LogP contribution in [0.1, 0.15) is 53.8 Å². The topological polar surface area (TPSA) is 72.3 Å². The quantitative estimate of drug-likeness (QED) is 0.459.